The van der Waals surface area contributed by atoms with E-state index in [-0.39, 0.29) is 21.1 Å². The first-order valence-corrected chi connectivity index (χ1v) is 9.25. The Morgan fingerprint density at radius 1 is 1.38 bits per heavy atom. The predicted molar refractivity (Wildman–Crippen MR) is 86.4 cm³/mol. The summed E-state index contributed by atoms with van der Waals surface area (Å²) in [7, 11) is -3.68. The molecule has 4 nitrogen and oxygen atoms in total. The molecule has 0 bridgehead atoms. The average Bonchev–Trinajstić information content (AvgIpc) is 2.91. The van der Waals surface area contributed by atoms with Crippen LogP contribution < -0.4 is 0 Å². The summed E-state index contributed by atoms with van der Waals surface area (Å²) in [6, 6.07) is 4.94. The minimum Gasteiger partial charge on any atom is -0.242 e. The Bertz CT molecular complexity index is 716. The second-order valence-electron chi connectivity index (χ2n) is 4.67. The Labute approximate surface area is 138 Å². The van der Waals surface area contributed by atoms with E-state index in [1.165, 1.54) is 27.9 Å². The van der Waals surface area contributed by atoms with Gasteiger partial charge in [-0.1, -0.05) is 29.3 Å². The summed E-state index contributed by atoms with van der Waals surface area (Å²) in [6.07, 6.45) is 1.23. The largest absolute Gasteiger partial charge is 0.245 e. The van der Waals surface area contributed by atoms with Gasteiger partial charge in [0.25, 0.3) is 0 Å². The number of sulfonamides is 1. The van der Waals surface area contributed by atoms with Crippen molar-refractivity contribution in [2.24, 2.45) is 0 Å². The summed E-state index contributed by atoms with van der Waals surface area (Å²) < 4.78 is 26.9. The van der Waals surface area contributed by atoms with Crippen LogP contribution in [0.2, 0.25) is 10.2 Å². The van der Waals surface area contributed by atoms with E-state index in [0.717, 1.165) is 4.88 Å². The fourth-order valence-corrected chi connectivity index (χ4v) is 4.49. The fourth-order valence-electron chi connectivity index (χ4n) is 1.78. The minimum atomic E-state index is -3.68. The maximum Gasteiger partial charge on any atom is 0.245 e. The monoisotopic (exact) mass is 364 g/mol. The van der Waals surface area contributed by atoms with Crippen molar-refractivity contribution in [1.82, 2.24) is 9.29 Å². The van der Waals surface area contributed by atoms with Gasteiger partial charge in [-0.05, 0) is 31.4 Å². The molecule has 0 radical (unpaired) electrons. The molecule has 8 heteroatoms. The normalized spacial score (nSPS) is 12.3. The van der Waals surface area contributed by atoms with E-state index < -0.39 is 10.0 Å². The van der Waals surface area contributed by atoms with Crippen molar-refractivity contribution in [3.05, 3.63) is 44.8 Å². The number of aromatic nitrogens is 1. The zero-order chi connectivity index (χ0) is 15.6. The van der Waals surface area contributed by atoms with Crippen LogP contribution in [-0.2, 0) is 16.6 Å². The van der Waals surface area contributed by atoms with Gasteiger partial charge in [0.15, 0.2) is 0 Å². The first-order valence-electron chi connectivity index (χ1n) is 6.17. The third-order valence-electron chi connectivity index (χ3n) is 2.85. The summed E-state index contributed by atoms with van der Waals surface area (Å²) in [5, 5.41) is 2.13. The van der Waals surface area contributed by atoms with Gasteiger partial charge in [-0.25, -0.2) is 13.4 Å². The molecule has 0 aliphatic carbocycles. The van der Waals surface area contributed by atoms with E-state index in [9.17, 15) is 8.42 Å². The molecule has 0 saturated heterocycles. The van der Waals surface area contributed by atoms with Gasteiger partial charge in [-0.15, -0.1) is 11.3 Å². The highest BCUT2D eigenvalue weighted by Crippen LogP contribution is 2.26. The minimum absolute atomic E-state index is 0.0437. The highest BCUT2D eigenvalue weighted by Gasteiger charge is 2.28. The lowest BCUT2D eigenvalue weighted by Gasteiger charge is -2.25. The van der Waals surface area contributed by atoms with Gasteiger partial charge in [0.05, 0.1) is 5.02 Å². The molecule has 2 aromatic heterocycles. The molecule has 0 fully saturated rings. The van der Waals surface area contributed by atoms with Crippen LogP contribution >= 0.6 is 34.5 Å². The van der Waals surface area contributed by atoms with Gasteiger partial charge >= 0.3 is 0 Å². The number of nitrogens with zero attached hydrogens (tertiary/aromatic N) is 2. The zero-order valence-electron chi connectivity index (χ0n) is 11.5. The van der Waals surface area contributed by atoms with Crippen molar-refractivity contribution in [3.8, 4) is 0 Å². The van der Waals surface area contributed by atoms with Crippen molar-refractivity contribution in [2.75, 3.05) is 0 Å². The Morgan fingerprint density at radius 3 is 2.62 bits per heavy atom. The molecule has 0 aromatic carbocycles. The number of pyridine rings is 1. The molecule has 114 valence electrons. The lowest BCUT2D eigenvalue weighted by Crippen LogP contribution is -2.36. The summed E-state index contributed by atoms with van der Waals surface area (Å²) in [5.74, 6) is 0. The predicted octanol–water partition coefficient (Wildman–Crippen LogP) is 4.05. The molecule has 0 aliphatic rings. The van der Waals surface area contributed by atoms with E-state index >= 15 is 0 Å². The van der Waals surface area contributed by atoms with Crippen LogP contribution in [0.4, 0.5) is 0 Å². The molecule has 0 amide bonds. The number of thiophene rings is 1. The van der Waals surface area contributed by atoms with Gasteiger partial charge < -0.3 is 0 Å². The van der Waals surface area contributed by atoms with Crippen molar-refractivity contribution in [3.63, 3.8) is 0 Å². The van der Waals surface area contributed by atoms with Crippen LogP contribution in [0.3, 0.4) is 0 Å². The molecular formula is C13H14Cl2N2O2S2. The van der Waals surface area contributed by atoms with Gasteiger partial charge in [0.2, 0.25) is 10.0 Å². The van der Waals surface area contributed by atoms with E-state index in [0.29, 0.717) is 6.54 Å². The molecular weight excluding hydrogens is 351 g/mol. The average molecular weight is 365 g/mol. The molecule has 0 aliphatic heterocycles. The Hall–Kier alpha value is -0.660. The number of halogens is 2. The summed E-state index contributed by atoms with van der Waals surface area (Å²) in [5.41, 5.74) is 0. The topological polar surface area (TPSA) is 50.3 Å². The Morgan fingerprint density at radius 2 is 2.10 bits per heavy atom. The second-order valence-corrected chi connectivity index (χ2v) is 8.36. The van der Waals surface area contributed by atoms with Crippen molar-refractivity contribution in [2.45, 2.75) is 31.3 Å². The van der Waals surface area contributed by atoms with Gasteiger partial charge in [-0.3, -0.25) is 0 Å². The fraction of sp³-hybridized carbons (Fsp3) is 0.308. The molecule has 2 rings (SSSR count). The van der Waals surface area contributed by atoms with Crippen LogP contribution in [0.5, 0.6) is 0 Å². The zero-order valence-corrected chi connectivity index (χ0v) is 14.6. The molecule has 21 heavy (non-hydrogen) atoms. The van der Waals surface area contributed by atoms with E-state index in [4.69, 9.17) is 23.2 Å². The van der Waals surface area contributed by atoms with Gasteiger partial charge in [-0.2, -0.15) is 4.31 Å². The van der Waals surface area contributed by atoms with Crippen LogP contribution in [0.15, 0.2) is 34.7 Å². The lowest BCUT2D eigenvalue weighted by atomic mass is 10.4. The standard InChI is InChI=1S/C13H14Cl2N2O2S2/c1-9(2)17(8-10-4-3-5-20-10)21(18,19)11-6-12(14)13(15)16-7-11/h3-7,9H,8H2,1-2H3. The molecule has 2 aromatic rings. The molecule has 2 heterocycles. The molecule has 0 N–H and O–H groups in total. The Kier molecular flexibility index (Phi) is 5.27. The van der Waals surface area contributed by atoms with Crippen LogP contribution in [0.1, 0.15) is 18.7 Å². The smallest absolute Gasteiger partial charge is 0.242 e. The van der Waals surface area contributed by atoms with Crippen molar-refractivity contribution in [1.29, 1.82) is 0 Å². The van der Waals surface area contributed by atoms with Crippen LogP contribution in [-0.4, -0.2) is 23.7 Å². The summed E-state index contributed by atoms with van der Waals surface area (Å²) in [4.78, 5) is 4.83. The maximum absolute atomic E-state index is 12.8. The number of hydrogen-bond donors (Lipinski definition) is 0. The van der Waals surface area contributed by atoms with Crippen molar-refractivity contribution >= 4 is 44.6 Å². The third kappa shape index (κ3) is 3.76. The first-order chi connectivity index (χ1) is 9.82. The molecule has 0 saturated carbocycles. The summed E-state index contributed by atoms with van der Waals surface area (Å²) in [6.45, 7) is 3.98. The first kappa shape index (κ1) is 16.7. The third-order valence-corrected chi connectivity index (χ3v) is 6.38. The number of rotatable bonds is 5. The van der Waals surface area contributed by atoms with E-state index in [2.05, 4.69) is 4.98 Å². The van der Waals surface area contributed by atoms with E-state index in [1.54, 1.807) is 0 Å². The SMILES string of the molecule is CC(C)N(Cc1cccs1)S(=O)(=O)c1cnc(Cl)c(Cl)c1. The molecule has 0 atom stereocenters. The Balaban J connectivity index is 2.39. The highest BCUT2D eigenvalue weighted by atomic mass is 35.5. The molecule has 0 unspecified atom stereocenters. The maximum atomic E-state index is 12.8. The van der Waals surface area contributed by atoms with E-state index in [1.807, 2.05) is 31.4 Å². The number of hydrogen-bond acceptors (Lipinski definition) is 4. The quantitative estimate of drug-likeness (QED) is 0.751. The van der Waals surface area contributed by atoms with Crippen molar-refractivity contribution < 1.29 is 8.42 Å². The second kappa shape index (κ2) is 6.62. The van der Waals surface area contributed by atoms with Crippen LogP contribution in [0, 0.1) is 0 Å². The van der Waals surface area contributed by atoms with Gasteiger partial charge in [0.1, 0.15) is 10.0 Å². The van der Waals surface area contributed by atoms with Crippen LogP contribution in [0.25, 0.3) is 0 Å². The molecule has 0 spiro atoms. The lowest BCUT2D eigenvalue weighted by molar-refractivity contribution is 0.350. The highest BCUT2D eigenvalue weighted by molar-refractivity contribution is 7.89. The summed E-state index contributed by atoms with van der Waals surface area (Å²) >= 11 is 13.1. The van der Waals surface area contributed by atoms with Gasteiger partial charge in [0, 0.05) is 23.7 Å².